The Kier molecular flexibility index (Phi) is 7.84. The molecule has 1 saturated carbocycles. The molecular weight excluding hydrogens is 458 g/mol. The SMILES string of the molecule is CC(C)(C)S(=O)(=O)N[C@H]1CC[C@H](C(=O)Nc2ccc(C(C#N)c3ccccc3)c(Cl)c2)CC1. The molecule has 33 heavy (non-hydrogen) atoms. The molecular formula is C25H30ClN3O3S. The Bertz CT molecular complexity index is 1130. The minimum Gasteiger partial charge on any atom is -0.326 e. The molecule has 2 aromatic rings. The van der Waals surface area contributed by atoms with Crippen molar-refractivity contribution in [3.05, 3.63) is 64.7 Å². The quantitative estimate of drug-likeness (QED) is 0.584. The molecule has 0 aliphatic heterocycles. The molecule has 2 aromatic carbocycles. The Morgan fingerprint density at radius 2 is 1.73 bits per heavy atom. The van der Waals surface area contributed by atoms with E-state index in [9.17, 15) is 18.5 Å². The molecule has 1 aliphatic carbocycles. The first kappa shape index (κ1) is 25.2. The van der Waals surface area contributed by atoms with Gasteiger partial charge in [-0.1, -0.05) is 48.0 Å². The molecule has 1 unspecified atom stereocenters. The number of carbonyl (C=O) groups excluding carboxylic acids is 1. The summed E-state index contributed by atoms with van der Waals surface area (Å²) in [4.78, 5) is 12.8. The molecule has 1 atom stereocenters. The number of carbonyl (C=O) groups is 1. The van der Waals surface area contributed by atoms with Crippen molar-refractivity contribution in [3.8, 4) is 6.07 Å². The van der Waals surface area contributed by atoms with Gasteiger partial charge in [-0.25, -0.2) is 13.1 Å². The van der Waals surface area contributed by atoms with E-state index < -0.39 is 20.7 Å². The van der Waals surface area contributed by atoms with Gasteiger partial charge in [0.2, 0.25) is 15.9 Å². The van der Waals surface area contributed by atoms with Crippen LogP contribution in [0.2, 0.25) is 5.02 Å². The molecule has 0 aromatic heterocycles. The van der Waals surface area contributed by atoms with Crippen LogP contribution in [0, 0.1) is 17.2 Å². The summed E-state index contributed by atoms with van der Waals surface area (Å²) in [6.07, 6.45) is 2.46. The van der Waals surface area contributed by atoms with Crippen molar-refractivity contribution in [2.24, 2.45) is 5.92 Å². The Morgan fingerprint density at radius 3 is 2.27 bits per heavy atom. The second kappa shape index (κ2) is 10.3. The molecule has 1 fully saturated rings. The van der Waals surface area contributed by atoms with E-state index in [0.29, 0.717) is 42.0 Å². The Balaban J connectivity index is 1.60. The van der Waals surface area contributed by atoms with E-state index in [-0.39, 0.29) is 17.9 Å². The zero-order chi connectivity index (χ0) is 24.2. The van der Waals surface area contributed by atoms with Crippen LogP contribution >= 0.6 is 11.6 Å². The molecule has 0 radical (unpaired) electrons. The highest BCUT2D eigenvalue weighted by molar-refractivity contribution is 7.90. The predicted molar refractivity (Wildman–Crippen MR) is 132 cm³/mol. The van der Waals surface area contributed by atoms with Gasteiger partial charge in [0.05, 0.1) is 16.7 Å². The lowest BCUT2D eigenvalue weighted by atomic mass is 9.86. The molecule has 6 nitrogen and oxygen atoms in total. The first-order valence-corrected chi connectivity index (χ1v) is 12.9. The third kappa shape index (κ3) is 6.14. The summed E-state index contributed by atoms with van der Waals surface area (Å²) in [7, 11) is -3.41. The van der Waals surface area contributed by atoms with Crippen molar-refractivity contribution in [2.45, 2.75) is 63.2 Å². The maximum atomic E-state index is 12.8. The number of nitrogens with zero attached hydrogens (tertiary/aromatic N) is 1. The normalized spacial score (nSPS) is 20.0. The number of hydrogen-bond acceptors (Lipinski definition) is 4. The summed E-state index contributed by atoms with van der Waals surface area (Å²) >= 11 is 6.47. The number of halogens is 1. The molecule has 8 heteroatoms. The number of rotatable bonds is 6. The number of hydrogen-bond donors (Lipinski definition) is 2. The molecule has 0 bridgehead atoms. The molecule has 0 saturated heterocycles. The summed E-state index contributed by atoms with van der Waals surface area (Å²) in [6, 6.07) is 16.8. The lowest BCUT2D eigenvalue weighted by Gasteiger charge is -2.30. The van der Waals surface area contributed by atoms with Crippen molar-refractivity contribution in [1.29, 1.82) is 5.26 Å². The van der Waals surface area contributed by atoms with E-state index in [2.05, 4.69) is 16.1 Å². The second-order valence-electron chi connectivity index (χ2n) is 9.48. The summed E-state index contributed by atoms with van der Waals surface area (Å²) in [5.74, 6) is -0.776. The molecule has 1 aliphatic rings. The smallest absolute Gasteiger partial charge is 0.227 e. The highest BCUT2D eigenvalue weighted by Crippen LogP contribution is 2.33. The molecule has 0 heterocycles. The van der Waals surface area contributed by atoms with Gasteiger partial charge >= 0.3 is 0 Å². The lowest BCUT2D eigenvalue weighted by molar-refractivity contribution is -0.120. The number of amides is 1. The van der Waals surface area contributed by atoms with Crippen LogP contribution < -0.4 is 10.0 Å². The van der Waals surface area contributed by atoms with Gasteiger partial charge in [0.25, 0.3) is 0 Å². The lowest BCUT2D eigenvalue weighted by Crippen LogP contribution is -2.46. The van der Waals surface area contributed by atoms with Gasteiger partial charge in [0.15, 0.2) is 0 Å². The molecule has 1 amide bonds. The van der Waals surface area contributed by atoms with Crippen LogP contribution in [0.1, 0.15) is 63.5 Å². The van der Waals surface area contributed by atoms with E-state index in [1.54, 1.807) is 39.0 Å². The zero-order valence-electron chi connectivity index (χ0n) is 19.1. The van der Waals surface area contributed by atoms with Crippen LogP contribution in [-0.2, 0) is 14.8 Å². The summed E-state index contributed by atoms with van der Waals surface area (Å²) in [5.41, 5.74) is 2.13. The van der Waals surface area contributed by atoms with Crippen molar-refractivity contribution >= 4 is 33.2 Å². The fourth-order valence-electron chi connectivity index (χ4n) is 3.92. The van der Waals surface area contributed by atoms with Crippen molar-refractivity contribution in [1.82, 2.24) is 4.72 Å². The van der Waals surface area contributed by atoms with Gasteiger partial charge in [-0.3, -0.25) is 4.79 Å². The first-order chi connectivity index (χ1) is 15.5. The van der Waals surface area contributed by atoms with Crippen LogP contribution in [0.5, 0.6) is 0 Å². The predicted octanol–water partition coefficient (Wildman–Crippen LogP) is 5.21. The van der Waals surface area contributed by atoms with Gasteiger partial charge < -0.3 is 5.32 Å². The minimum absolute atomic E-state index is 0.101. The first-order valence-electron chi connectivity index (χ1n) is 11.1. The van der Waals surface area contributed by atoms with Gasteiger partial charge in [-0.2, -0.15) is 5.26 Å². The maximum absolute atomic E-state index is 12.8. The highest BCUT2D eigenvalue weighted by atomic mass is 35.5. The highest BCUT2D eigenvalue weighted by Gasteiger charge is 2.34. The number of nitriles is 1. The molecule has 2 N–H and O–H groups in total. The standard InChI is InChI=1S/C25H30ClN3O3S/c1-25(2,3)33(31,32)29-19-11-9-18(10-12-19)24(30)28-20-13-14-21(23(26)15-20)22(16-27)17-7-5-4-6-8-17/h4-8,13-15,18-19,22,29H,9-12H2,1-3H3,(H,28,30)/t18-,19-,22?. The van der Waals surface area contributed by atoms with E-state index >= 15 is 0 Å². The second-order valence-corrected chi connectivity index (χ2v) is 12.4. The average molecular weight is 488 g/mol. The van der Waals surface area contributed by atoms with Crippen molar-refractivity contribution < 1.29 is 13.2 Å². The largest absolute Gasteiger partial charge is 0.326 e. The monoisotopic (exact) mass is 487 g/mol. The van der Waals surface area contributed by atoms with E-state index in [0.717, 1.165) is 5.56 Å². The van der Waals surface area contributed by atoms with E-state index in [1.165, 1.54) is 0 Å². The fourth-order valence-corrected chi connectivity index (χ4v) is 5.24. The molecule has 0 spiro atoms. The van der Waals surface area contributed by atoms with Crippen LogP contribution in [0.25, 0.3) is 0 Å². The average Bonchev–Trinajstić information content (AvgIpc) is 2.76. The van der Waals surface area contributed by atoms with Gasteiger partial charge in [-0.05, 0) is 69.7 Å². The van der Waals surface area contributed by atoms with E-state index in [4.69, 9.17) is 11.6 Å². The third-order valence-electron chi connectivity index (χ3n) is 6.07. The van der Waals surface area contributed by atoms with Crippen molar-refractivity contribution in [2.75, 3.05) is 5.32 Å². The number of nitrogens with one attached hydrogen (secondary N) is 2. The van der Waals surface area contributed by atoms with Gasteiger partial charge in [-0.15, -0.1) is 0 Å². The number of sulfonamides is 1. The fraction of sp³-hybridized carbons (Fsp3) is 0.440. The topological polar surface area (TPSA) is 99.1 Å². The van der Waals surface area contributed by atoms with Crippen LogP contribution in [0.3, 0.4) is 0 Å². The van der Waals surface area contributed by atoms with Gasteiger partial charge in [0.1, 0.15) is 0 Å². The molecule has 3 rings (SSSR count). The van der Waals surface area contributed by atoms with Crippen LogP contribution in [0.15, 0.2) is 48.5 Å². The summed E-state index contributed by atoms with van der Waals surface area (Å²) in [5, 5.41) is 13.0. The summed E-state index contributed by atoms with van der Waals surface area (Å²) < 4.78 is 26.7. The Hall–Kier alpha value is -2.40. The number of benzene rings is 2. The van der Waals surface area contributed by atoms with Crippen LogP contribution in [-0.4, -0.2) is 25.1 Å². The minimum atomic E-state index is -3.41. The van der Waals surface area contributed by atoms with Gasteiger partial charge in [0, 0.05) is 22.7 Å². The Morgan fingerprint density at radius 1 is 1.09 bits per heavy atom. The van der Waals surface area contributed by atoms with Crippen molar-refractivity contribution in [3.63, 3.8) is 0 Å². The molecule has 176 valence electrons. The van der Waals surface area contributed by atoms with Crippen LogP contribution in [0.4, 0.5) is 5.69 Å². The summed E-state index contributed by atoms with van der Waals surface area (Å²) in [6.45, 7) is 5.01. The zero-order valence-corrected chi connectivity index (χ0v) is 20.7. The third-order valence-corrected chi connectivity index (χ3v) is 8.65. The Labute approximate surface area is 201 Å². The maximum Gasteiger partial charge on any atom is 0.227 e. The number of anilines is 1. The van der Waals surface area contributed by atoms with E-state index in [1.807, 2.05) is 30.3 Å².